The first-order chi connectivity index (χ1) is 11.4. The van der Waals surface area contributed by atoms with Crippen LogP contribution in [0.5, 0.6) is 0 Å². The lowest BCUT2D eigenvalue weighted by Gasteiger charge is -2.01. The van der Waals surface area contributed by atoms with Gasteiger partial charge in [-0.25, -0.2) is 4.98 Å². The van der Waals surface area contributed by atoms with Crippen molar-refractivity contribution >= 4 is 11.8 Å². The number of rotatable bonds is 8. The molecule has 0 fully saturated rings. The third-order valence-electron chi connectivity index (χ3n) is 3.37. The minimum Gasteiger partial charge on any atom is -0.250 e. The fraction of sp³-hybridized carbons (Fsp3) is 0.294. The molecule has 0 atom stereocenters. The van der Waals surface area contributed by atoms with Crippen LogP contribution in [-0.2, 0) is 6.54 Å². The predicted octanol–water partition coefficient (Wildman–Crippen LogP) is 3.70. The molecule has 3 aromatic rings. The number of unbranched alkanes of at least 4 members (excludes halogenated alkanes) is 2. The summed E-state index contributed by atoms with van der Waals surface area (Å²) in [6.45, 7) is 0.814. The highest BCUT2D eigenvalue weighted by atomic mass is 32.2. The van der Waals surface area contributed by atoms with E-state index in [1.165, 1.54) is 6.42 Å². The molecular weight excluding hydrogens is 306 g/mol. The lowest BCUT2D eigenvalue weighted by atomic mass is 10.2. The molecule has 5 nitrogen and oxygen atoms in total. The summed E-state index contributed by atoms with van der Waals surface area (Å²) in [4.78, 5) is 5.99. The number of nitrogens with zero attached hydrogens (tertiary/aromatic N) is 5. The Morgan fingerprint density at radius 3 is 2.61 bits per heavy atom. The van der Waals surface area contributed by atoms with Crippen LogP contribution in [0, 0.1) is 0 Å². The molecule has 0 saturated heterocycles. The lowest BCUT2D eigenvalue weighted by Crippen LogP contribution is -2.02. The number of aromatic nitrogens is 5. The van der Waals surface area contributed by atoms with Gasteiger partial charge in [-0.15, -0.1) is 22.0 Å². The van der Waals surface area contributed by atoms with Crippen LogP contribution in [-0.4, -0.2) is 30.9 Å². The Labute approximate surface area is 140 Å². The van der Waals surface area contributed by atoms with Crippen molar-refractivity contribution < 1.29 is 0 Å². The average Bonchev–Trinajstić information content (AvgIpc) is 3.09. The highest BCUT2D eigenvalue weighted by Crippen LogP contribution is 2.16. The lowest BCUT2D eigenvalue weighted by molar-refractivity contribution is 0.487. The van der Waals surface area contributed by atoms with Crippen molar-refractivity contribution in [1.29, 1.82) is 0 Å². The summed E-state index contributed by atoms with van der Waals surface area (Å²) in [5.74, 6) is 1.79. The zero-order chi connectivity index (χ0) is 15.7. The molecule has 0 aliphatic heterocycles. The summed E-state index contributed by atoms with van der Waals surface area (Å²) < 4.78 is 0. The van der Waals surface area contributed by atoms with E-state index in [4.69, 9.17) is 0 Å². The number of tetrazole rings is 1. The van der Waals surface area contributed by atoms with Crippen LogP contribution < -0.4 is 0 Å². The second kappa shape index (κ2) is 8.43. The van der Waals surface area contributed by atoms with Crippen LogP contribution in [0.3, 0.4) is 0 Å². The molecule has 3 rings (SSSR count). The standard InChI is InChI=1S/C17H19N5S/c1-3-9-15(10-4-1)17-19-21-22(20-17)13-7-2-8-14-23-16-11-5-6-12-18-16/h1,3-6,9-12H,2,7-8,13-14H2. The predicted molar refractivity (Wildman–Crippen MR) is 92.1 cm³/mol. The summed E-state index contributed by atoms with van der Waals surface area (Å²) in [5, 5.41) is 13.7. The van der Waals surface area contributed by atoms with E-state index in [2.05, 4.69) is 26.5 Å². The first kappa shape index (κ1) is 15.7. The maximum Gasteiger partial charge on any atom is 0.204 e. The van der Waals surface area contributed by atoms with Crippen molar-refractivity contribution in [1.82, 2.24) is 25.2 Å². The SMILES string of the molecule is c1ccc(-c2nnn(CCCCCSc3ccccn3)n2)cc1. The first-order valence-corrected chi connectivity index (χ1v) is 8.77. The minimum atomic E-state index is 0.691. The van der Waals surface area contributed by atoms with Gasteiger partial charge in [0.05, 0.1) is 11.6 Å². The smallest absolute Gasteiger partial charge is 0.204 e. The number of pyridine rings is 1. The van der Waals surface area contributed by atoms with Gasteiger partial charge in [-0.05, 0) is 35.9 Å². The number of benzene rings is 1. The van der Waals surface area contributed by atoms with Gasteiger partial charge in [-0.2, -0.15) is 4.80 Å². The second-order valence-corrected chi connectivity index (χ2v) is 6.27. The van der Waals surface area contributed by atoms with Gasteiger partial charge in [-0.1, -0.05) is 42.8 Å². The highest BCUT2D eigenvalue weighted by Gasteiger charge is 2.04. The number of thioether (sulfide) groups is 1. The second-order valence-electron chi connectivity index (χ2n) is 5.15. The van der Waals surface area contributed by atoms with Gasteiger partial charge < -0.3 is 0 Å². The Hall–Kier alpha value is -2.21. The van der Waals surface area contributed by atoms with Crippen molar-refractivity contribution in [3.05, 3.63) is 54.7 Å². The molecular formula is C17H19N5S. The van der Waals surface area contributed by atoms with Crippen molar-refractivity contribution in [2.45, 2.75) is 30.8 Å². The summed E-state index contributed by atoms with van der Waals surface area (Å²) in [7, 11) is 0. The van der Waals surface area contributed by atoms with Gasteiger partial charge in [0.1, 0.15) is 0 Å². The Bertz CT molecular complexity index is 699. The van der Waals surface area contributed by atoms with Crippen LogP contribution in [0.25, 0.3) is 11.4 Å². The van der Waals surface area contributed by atoms with E-state index in [0.29, 0.717) is 5.82 Å². The molecule has 0 N–H and O–H groups in total. The molecule has 0 spiro atoms. The Morgan fingerprint density at radius 1 is 0.913 bits per heavy atom. The summed E-state index contributed by atoms with van der Waals surface area (Å²) in [6.07, 6.45) is 5.22. The first-order valence-electron chi connectivity index (χ1n) is 7.79. The molecule has 0 aliphatic carbocycles. The molecule has 0 saturated carbocycles. The van der Waals surface area contributed by atoms with Crippen molar-refractivity contribution in [2.24, 2.45) is 0 Å². The van der Waals surface area contributed by atoms with Gasteiger partial charge >= 0.3 is 0 Å². The topological polar surface area (TPSA) is 56.5 Å². The number of hydrogen-bond donors (Lipinski definition) is 0. The van der Waals surface area contributed by atoms with Gasteiger partial charge in [-0.3, -0.25) is 0 Å². The van der Waals surface area contributed by atoms with Crippen molar-refractivity contribution in [3.8, 4) is 11.4 Å². The van der Waals surface area contributed by atoms with Crippen molar-refractivity contribution in [2.75, 3.05) is 5.75 Å². The monoisotopic (exact) mass is 325 g/mol. The molecule has 1 aromatic carbocycles. The normalized spacial score (nSPS) is 10.8. The third kappa shape index (κ3) is 4.89. The highest BCUT2D eigenvalue weighted by molar-refractivity contribution is 7.99. The van der Waals surface area contributed by atoms with Crippen LogP contribution in [0.1, 0.15) is 19.3 Å². The molecule has 0 radical (unpaired) electrons. The molecule has 118 valence electrons. The Balaban J connectivity index is 1.36. The third-order valence-corrected chi connectivity index (χ3v) is 4.41. The zero-order valence-electron chi connectivity index (χ0n) is 12.9. The fourth-order valence-corrected chi connectivity index (χ4v) is 3.05. The number of hydrogen-bond acceptors (Lipinski definition) is 5. The Kier molecular flexibility index (Phi) is 5.75. The van der Waals surface area contributed by atoms with Crippen LogP contribution in [0.4, 0.5) is 0 Å². The van der Waals surface area contributed by atoms with E-state index < -0.39 is 0 Å². The average molecular weight is 325 g/mol. The van der Waals surface area contributed by atoms with Gasteiger partial charge in [0.15, 0.2) is 0 Å². The molecule has 0 bridgehead atoms. The van der Waals surface area contributed by atoms with E-state index >= 15 is 0 Å². The molecule has 0 unspecified atom stereocenters. The van der Waals surface area contributed by atoms with Gasteiger partial charge in [0.2, 0.25) is 5.82 Å². The van der Waals surface area contributed by atoms with E-state index in [-0.39, 0.29) is 0 Å². The van der Waals surface area contributed by atoms with Crippen LogP contribution in [0.15, 0.2) is 59.8 Å². The maximum absolute atomic E-state index is 4.43. The molecule has 2 heterocycles. The Morgan fingerprint density at radius 2 is 1.78 bits per heavy atom. The summed E-state index contributed by atoms with van der Waals surface area (Å²) in [5.41, 5.74) is 1.01. The number of aryl methyl sites for hydroxylation is 1. The maximum atomic E-state index is 4.43. The largest absolute Gasteiger partial charge is 0.250 e. The van der Waals surface area contributed by atoms with E-state index in [1.807, 2.05) is 48.7 Å². The zero-order valence-corrected chi connectivity index (χ0v) is 13.7. The van der Waals surface area contributed by atoms with Gasteiger partial charge in [0, 0.05) is 11.8 Å². The van der Waals surface area contributed by atoms with Gasteiger partial charge in [0.25, 0.3) is 0 Å². The van der Waals surface area contributed by atoms with Crippen molar-refractivity contribution in [3.63, 3.8) is 0 Å². The van der Waals surface area contributed by atoms with Crippen LogP contribution >= 0.6 is 11.8 Å². The minimum absolute atomic E-state index is 0.691. The molecule has 2 aromatic heterocycles. The van der Waals surface area contributed by atoms with Crippen LogP contribution in [0.2, 0.25) is 0 Å². The van der Waals surface area contributed by atoms with E-state index in [9.17, 15) is 0 Å². The summed E-state index contributed by atoms with van der Waals surface area (Å²) >= 11 is 1.81. The quantitative estimate of drug-likeness (QED) is 0.467. The molecule has 0 aliphatic rings. The molecule has 23 heavy (non-hydrogen) atoms. The molecule has 0 amide bonds. The summed E-state index contributed by atoms with van der Waals surface area (Å²) in [6, 6.07) is 16.0. The van der Waals surface area contributed by atoms with E-state index in [1.54, 1.807) is 16.6 Å². The fourth-order valence-electron chi connectivity index (χ4n) is 2.18. The van der Waals surface area contributed by atoms with E-state index in [0.717, 1.165) is 35.7 Å². The molecule has 6 heteroatoms.